The minimum absolute atomic E-state index is 0.240. The number of carbonyl (C=O) groups is 2. The van der Waals surface area contributed by atoms with Crippen molar-refractivity contribution in [3.8, 4) is 5.75 Å². The van der Waals surface area contributed by atoms with Crippen molar-refractivity contribution in [2.45, 2.75) is 32.9 Å². The van der Waals surface area contributed by atoms with Gasteiger partial charge in [-0.15, -0.1) is 11.3 Å². The van der Waals surface area contributed by atoms with Crippen LogP contribution in [0.3, 0.4) is 0 Å². The van der Waals surface area contributed by atoms with E-state index < -0.39 is 17.7 Å². The van der Waals surface area contributed by atoms with Gasteiger partial charge in [-0.1, -0.05) is 0 Å². The number of nitrogens with one attached hydrogen (secondary N) is 1. The first-order valence-electron chi connectivity index (χ1n) is 7.26. The van der Waals surface area contributed by atoms with Crippen molar-refractivity contribution in [1.82, 2.24) is 10.3 Å². The molecule has 7 nitrogen and oxygen atoms in total. The molecule has 1 heterocycles. The van der Waals surface area contributed by atoms with Crippen LogP contribution in [0.4, 0.5) is 4.79 Å². The third kappa shape index (κ3) is 4.35. The molecule has 130 valence electrons. The number of aromatic nitrogens is 1. The van der Waals surface area contributed by atoms with E-state index in [2.05, 4.69) is 10.3 Å². The molecule has 2 aromatic rings. The lowest BCUT2D eigenvalue weighted by atomic mass is 10.2. The van der Waals surface area contributed by atoms with Crippen molar-refractivity contribution in [3.63, 3.8) is 0 Å². The number of nitrogens with zero attached hydrogens (tertiary/aromatic N) is 1. The van der Waals surface area contributed by atoms with Crippen molar-refractivity contribution in [2.24, 2.45) is 0 Å². The number of alkyl carbamates (subject to hydrolysis) is 1. The summed E-state index contributed by atoms with van der Waals surface area (Å²) in [6, 6.07) is 3.35. The first-order valence-corrected chi connectivity index (χ1v) is 8.08. The Morgan fingerprint density at radius 2 is 1.96 bits per heavy atom. The molecule has 8 heteroatoms. The number of thiazole rings is 1. The van der Waals surface area contributed by atoms with Crippen LogP contribution in [0.1, 0.15) is 36.1 Å². The number of esters is 1. The van der Waals surface area contributed by atoms with Gasteiger partial charge in [0.25, 0.3) is 0 Å². The lowest BCUT2D eigenvalue weighted by Gasteiger charge is -2.19. The van der Waals surface area contributed by atoms with Crippen LogP contribution in [0.25, 0.3) is 10.2 Å². The molecular weight excluding hydrogens is 332 g/mol. The fraction of sp³-hybridized carbons (Fsp3) is 0.438. The summed E-state index contributed by atoms with van der Waals surface area (Å²) >= 11 is 1.40. The molecule has 0 aliphatic heterocycles. The van der Waals surface area contributed by atoms with Crippen LogP contribution < -0.4 is 10.1 Å². The van der Waals surface area contributed by atoms with Gasteiger partial charge in [-0.2, -0.15) is 0 Å². The predicted octanol–water partition coefficient (Wildman–Crippen LogP) is 3.12. The normalized spacial score (nSPS) is 11.2. The zero-order valence-corrected chi connectivity index (χ0v) is 15.1. The Hall–Kier alpha value is -2.35. The summed E-state index contributed by atoms with van der Waals surface area (Å²) in [4.78, 5) is 27.9. The molecular formula is C16H20N2O5S. The number of ether oxygens (including phenoxy) is 3. The zero-order chi connectivity index (χ0) is 17.9. The van der Waals surface area contributed by atoms with Crippen LogP contribution in [-0.4, -0.2) is 36.9 Å². The van der Waals surface area contributed by atoms with Crippen molar-refractivity contribution < 1.29 is 23.8 Å². The molecule has 0 aliphatic carbocycles. The quantitative estimate of drug-likeness (QED) is 0.851. The summed E-state index contributed by atoms with van der Waals surface area (Å²) in [5, 5.41) is 3.35. The second-order valence-corrected chi connectivity index (χ2v) is 7.09. The summed E-state index contributed by atoms with van der Waals surface area (Å²) in [5.41, 5.74) is 0.395. The molecule has 2 rings (SSSR count). The van der Waals surface area contributed by atoms with Gasteiger partial charge in [0.1, 0.15) is 21.9 Å². The molecule has 0 atom stereocenters. The van der Waals surface area contributed by atoms with Crippen molar-refractivity contribution >= 4 is 33.6 Å². The van der Waals surface area contributed by atoms with E-state index in [-0.39, 0.29) is 6.54 Å². The molecule has 24 heavy (non-hydrogen) atoms. The highest BCUT2D eigenvalue weighted by Crippen LogP contribution is 2.30. The van der Waals surface area contributed by atoms with Gasteiger partial charge in [-0.25, -0.2) is 14.6 Å². The lowest BCUT2D eigenvalue weighted by Crippen LogP contribution is -2.32. The molecule has 0 saturated heterocycles. The number of amides is 1. The van der Waals surface area contributed by atoms with Crippen LogP contribution in [0.2, 0.25) is 0 Å². The molecule has 0 bridgehead atoms. The SMILES string of the molecule is COC(=O)c1cc2nc(CNC(=O)OC(C)(C)C)sc2cc1OC. The molecule has 0 fully saturated rings. The van der Waals surface area contributed by atoms with Gasteiger partial charge < -0.3 is 19.5 Å². The number of fused-ring (bicyclic) bond motifs is 1. The molecule has 0 aliphatic rings. The third-order valence-electron chi connectivity index (χ3n) is 2.94. The second-order valence-electron chi connectivity index (χ2n) is 5.97. The second kappa shape index (κ2) is 7.04. The molecule has 0 unspecified atom stereocenters. The molecule has 1 N–H and O–H groups in total. The Labute approximate surface area is 143 Å². The van der Waals surface area contributed by atoms with Crippen molar-refractivity contribution in [2.75, 3.05) is 14.2 Å². The van der Waals surface area contributed by atoms with Crippen LogP contribution in [0.5, 0.6) is 5.75 Å². The fourth-order valence-electron chi connectivity index (χ4n) is 1.98. The van der Waals surface area contributed by atoms with Crippen LogP contribution in [0.15, 0.2) is 12.1 Å². The first-order chi connectivity index (χ1) is 11.2. The zero-order valence-electron chi connectivity index (χ0n) is 14.3. The maximum absolute atomic E-state index is 11.8. The third-order valence-corrected chi connectivity index (χ3v) is 3.96. The minimum Gasteiger partial charge on any atom is -0.496 e. The van der Waals surface area contributed by atoms with Gasteiger partial charge in [0, 0.05) is 6.07 Å². The topological polar surface area (TPSA) is 86.8 Å². The molecule has 1 amide bonds. The molecule has 0 spiro atoms. The van der Waals surface area contributed by atoms with E-state index in [1.165, 1.54) is 25.6 Å². The summed E-state index contributed by atoms with van der Waals surface area (Å²) < 4.78 is 16.0. The van der Waals surface area contributed by atoms with Crippen LogP contribution in [0, 0.1) is 0 Å². The average molecular weight is 352 g/mol. The summed E-state index contributed by atoms with van der Waals surface area (Å²) in [5.74, 6) is -0.0696. The minimum atomic E-state index is -0.555. The Morgan fingerprint density at radius 3 is 2.54 bits per heavy atom. The number of hydrogen-bond donors (Lipinski definition) is 1. The van der Waals surface area contributed by atoms with Crippen LogP contribution >= 0.6 is 11.3 Å². The summed E-state index contributed by atoms with van der Waals surface area (Å²) in [6.07, 6.45) is -0.505. The summed E-state index contributed by atoms with van der Waals surface area (Å²) in [7, 11) is 2.79. The first kappa shape index (κ1) is 18.0. The van der Waals surface area contributed by atoms with E-state index in [0.29, 0.717) is 21.8 Å². The predicted molar refractivity (Wildman–Crippen MR) is 90.6 cm³/mol. The van der Waals surface area contributed by atoms with E-state index in [9.17, 15) is 9.59 Å². The van der Waals surface area contributed by atoms with E-state index in [0.717, 1.165) is 4.70 Å². The number of benzene rings is 1. The largest absolute Gasteiger partial charge is 0.496 e. The van der Waals surface area contributed by atoms with E-state index in [4.69, 9.17) is 14.2 Å². The van der Waals surface area contributed by atoms with Crippen molar-refractivity contribution in [3.05, 3.63) is 22.7 Å². The van der Waals surface area contributed by atoms with Crippen molar-refractivity contribution in [1.29, 1.82) is 0 Å². The lowest BCUT2D eigenvalue weighted by molar-refractivity contribution is 0.0522. The van der Waals surface area contributed by atoms with E-state index in [1.54, 1.807) is 32.9 Å². The summed E-state index contributed by atoms with van der Waals surface area (Å²) in [6.45, 7) is 5.63. The van der Waals surface area contributed by atoms with E-state index >= 15 is 0 Å². The number of carbonyl (C=O) groups excluding carboxylic acids is 2. The van der Waals surface area contributed by atoms with Gasteiger partial charge in [-0.3, -0.25) is 0 Å². The van der Waals surface area contributed by atoms with Gasteiger partial charge >= 0.3 is 12.1 Å². The Morgan fingerprint density at radius 1 is 1.25 bits per heavy atom. The maximum Gasteiger partial charge on any atom is 0.408 e. The number of rotatable bonds is 4. The highest BCUT2D eigenvalue weighted by molar-refractivity contribution is 7.18. The highest BCUT2D eigenvalue weighted by atomic mass is 32.1. The highest BCUT2D eigenvalue weighted by Gasteiger charge is 2.18. The smallest absolute Gasteiger partial charge is 0.408 e. The van der Waals surface area contributed by atoms with Gasteiger partial charge in [0.05, 0.1) is 31.0 Å². The van der Waals surface area contributed by atoms with Crippen LogP contribution in [-0.2, 0) is 16.0 Å². The van der Waals surface area contributed by atoms with E-state index in [1.807, 2.05) is 0 Å². The molecule has 1 aromatic heterocycles. The van der Waals surface area contributed by atoms with Gasteiger partial charge in [-0.05, 0) is 26.8 Å². The molecule has 0 radical (unpaired) electrons. The standard InChI is InChI=1S/C16H20N2O5S/c1-16(2,3)23-15(20)17-8-13-18-10-6-9(14(19)22-5)11(21-4)7-12(10)24-13/h6-7H,8H2,1-5H3,(H,17,20). The Bertz CT molecular complexity index is 764. The Balaban J connectivity index is 2.19. The fourth-order valence-corrected chi connectivity index (χ4v) is 2.90. The Kier molecular flexibility index (Phi) is 5.28. The van der Waals surface area contributed by atoms with Gasteiger partial charge in [0.15, 0.2) is 0 Å². The number of methoxy groups -OCH3 is 2. The monoisotopic (exact) mass is 352 g/mol. The molecule has 1 aromatic carbocycles. The average Bonchev–Trinajstić information content (AvgIpc) is 2.91. The number of hydrogen-bond acceptors (Lipinski definition) is 7. The van der Waals surface area contributed by atoms with Gasteiger partial charge in [0.2, 0.25) is 0 Å². The molecule has 0 saturated carbocycles. The maximum atomic E-state index is 11.8.